The molecule has 0 bridgehead atoms. The highest BCUT2D eigenvalue weighted by atomic mass is 16.4. The first-order valence-corrected chi connectivity index (χ1v) is 6.62. The van der Waals surface area contributed by atoms with Crippen LogP contribution in [0.2, 0.25) is 0 Å². The molecular weight excluding hydrogens is 272 g/mol. The lowest BCUT2D eigenvalue weighted by Crippen LogP contribution is -2.41. The lowest BCUT2D eigenvalue weighted by molar-refractivity contribution is -0.139. The zero-order valence-corrected chi connectivity index (χ0v) is 12.4. The van der Waals surface area contributed by atoms with Crippen LogP contribution in [0.5, 0.6) is 0 Å². The second-order valence-corrected chi connectivity index (χ2v) is 5.14. The van der Waals surface area contributed by atoms with E-state index in [9.17, 15) is 14.4 Å². The number of amides is 2. The summed E-state index contributed by atoms with van der Waals surface area (Å²) >= 11 is 0. The summed E-state index contributed by atoms with van der Waals surface area (Å²) in [4.78, 5) is 34.1. The molecule has 4 N–H and O–H groups in total. The topological polar surface area (TPSA) is 109 Å². The molecule has 0 radical (unpaired) electrons. The minimum absolute atomic E-state index is 0.0274. The Morgan fingerprint density at radius 2 is 1.71 bits per heavy atom. The van der Waals surface area contributed by atoms with Gasteiger partial charge in [-0.2, -0.15) is 0 Å². The van der Waals surface area contributed by atoms with Crippen molar-refractivity contribution in [3.8, 4) is 0 Å². The van der Waals surface area contributed by atoms with Crippen molar-refractivity contribution in [2.75, 3.05) is 0 Å². The molecule has 0 heterocycles. The third-order valence-electron chi connectivity index (χ3n) is 3.19. The molecule has 0 aromatic heterocycles. The van der Waals surface area contributed by atoms with Crippen molar-refractivity contribution < 1.29 is 19.5 Å². The molecule has 1 atom stereocenters. The zero-order chi connectivity index (χ0) is 16.2. The van der Waals surface area contributed by atoms with Crippen molar-refractivity contribution in [2.24, 2.45) is 5.73 Å². The van der Waals surface area contributed by atoms with Gasteiger partial charge in [-0.1, -0.05) is 17.7 Å². The highest BCUT2D eigenvalue weighted by Gasteiger charge is 2.22. The maximum atomic E-state index is 12.3. The van der Waals surface area contributed by atoms with Crippen molar-refractivity contribution in [2.45, 2.75) is 39.7 Å². The summed E-state index contributed by atoms with van der Waals surface area (Å²) < 4.78 is 0. The Morgan fingerprint density at radius 1 is 1.19 bits per heavy atom. The first kappa shape index (κ1) is 16.7. The SMILES string of the molecule is Cc1cc(C)c(C(=O)N[C@@H](CCC(N)=O)C(=O)O)c(C)c1. The van der Waals surface area contributed by atoms with Crippen LogP contribution in [0.25, 0.3) is 0 Å². The van der Waals surface area contributed by atoms with Crippen LogP contribution < -0.4 is 11.1 Å². The Hall–Kier alpha value is -2.37. The summed E-state index contributed by atoms with van der Waals surface area (Å²) in [5.74, 6) is -2.24. The lowest BCUT2D eigenvalue weighted by atomic mass is 9.98. The number of benzene rings is 1. The second-order valence-electron chi connectivity index (χ2n) is 5.14. The van der Waals surface area contributed by atoms with Crippen LogP contribution in [0.3, 0.4) is 0 Å². The summed E-state index contributed by atoms with van der Waals surface area (Å²) in [6.07, 6.45) is -0.122. The Bertz CT molecular complexity index is 558. The smallest absolute Gasteiger partial charge is 0.326 e. The normalized spacial score (nSPS) is 11.8. The number of carbonyl (C=O) groups excluding carboxylic acids is 2. The van der Waals surface area contributed by atoms with E-state index in [1.54, 1.807) is 13.8 Å². The third-order valence-corrected chi connectivity index (χ3v) is 3.19. The van der Waals surface area contributed by atoms with Crippen molar-refractivity contribution in [1.82, 2.24) is 5.32 Å². The van der Waals surface area contributed by atoms with E-state index in [-0.39, 0.29) is 12.8 Å². The minimum atomic E-state index is -1.19. The zero-order valence-electron chi connectivity index (χ0n) is 12.4. The summed E-state index contributed by atoms with van der Waals surface area (Å²) in [7, 11) is 0. The maximum absolute atomic E-state index is 12.3. The first-order valence-electron chi connectivity index (χ1n) is 6.62. The predicted octanol–water partition coefficient (Wildman–Crippen LogP) is 1.06. The fraction of sp³-hybridized carbons (Fsp3) is 0.400. The third kappa shape index (κ3) is 4.59. The first-order chi connectivity index (χ1) is 9.72. The van der Waals surface area contributed by atoms with Crippen LogP contribution in [-0.2, 0) is 9.59 Å². The number of carboxylic acid groups (broad SMARTS) is 1. The van der Waals surface area contributed by atoms with E-state index in [0.29, 0.717) is 5.56 Å². The molecule has 114 valence electrons. The molecule has 0 unspecified atom stereocenters. The van der Waals surface area contributed by atoms with Crippen LogP contribution in [0.1, 0.15) is 39.9 Å². The summed E-state index contributed by atoms with van der Waals surface area (Å²) in [6.45, 7) is 5.52. The van der Waals surface area contributed by atoms with Crippen molar-refractivity contribution in [1.29, 1.82) is 0 Å². The highest BCUT2D eigenvalue weighted by molar-refractivity contribution is 5.99. The van der Waals surface area contributed by atoms with Gasteiger partial charge in [0.2, 0.25) is 5.91 Å². The van der Waals surface area contributed by atoms with Gasteiger partial charge in [0.05, 0.1) is 0 Å². The van der Waals surface area contributed by atoms with Crippen LogP contribution in [-0.4, -0.2) is 28.9 Å². The number of nitrogens with two attached hydrogens (primary N) is 1. The van der Waals surface area contributed by atoms with Gasteiger partial charge in [0, 0.05) is 12.0 Å². The quantitative estimate of drug-likeness (QED) is 0.728. The molecule has 0 aliphatic carbocycles. The number of carboxylic acids is 1. The molecule has 0 fully saturated rings. The molecule has 21 heavy (non-hydrogen) atoms. The Morgan fingerprint density at radius 3 is 2.14 bits per heavy atom. The van der Waals surface area contributed by atoms with Crippen molar-refractivity contribution in [3.63, 3.8) is 0 Å². The molecule has 1 aromatic rings. The van der Waals surface area contributed by atoms with Gasteiger partial charge in [-0.25, -0.2) is 4.79 Å². The number of hydrogen-bond donors (Lipinski definition) is 3. The van der Waals surface area contributed by atoms with E-state index >= 15 is 0 Å². The minimum Gasteiger partial charge on any atom is -0.480 e. The van der Waals surface area contributed by atoms with Gasteiger partial charge in [0.15, 0.2) is 0 Å². The summed E-state index contributed by atoms with van der Waals surface area (Å²) in [5, 5.41) is 11.5. The number of primary amides is 1. The molecular formula is C15H20N2O4. The van der Waals surface area contributed by atoms with Crippen LogP contribution >= 0.6 is 0 Å². The molecule has 0 saturated carbocycles. The van der Waals surface area contributed by atoms with E-state index in [4.69, 9.17) is 10.8 Å². The maximum Gasteiger partial charge on any atom is 0.326 e. The molecule has 0 aliphatic rings. The monoisotopic (exact) mass is 292 g/mol. The van der Waals surface area contributed by atoms with Gasteiger partial charge < -0.3 is 16.2 Å². The fourth-order valence-electron chi connectivity index (χ4n) is 2.31. The second kappa shape index (κ2) is 6.88. The van der Waals surface area contributed by atoms with E-state index in [1.165, 1.54) is 0 Å². The average Bonchev–Trinajstić information content (AvgIpc) is 2.32. The summed E-state index contributed by atoms with van der Waals surface area (Å²) in [5.41, 5.74) is 8.06. The van der Waals surface area contributed by atoms with Crippen LogP contribution in [0.4, 0.5) is 0 Å². The molecule has 2 amide bonds. The van der Waals surface area contributed by atoms with E-state index < -0.39 is 23.8 Å². The van der Waals surface area contributed by atoms with Gasteiger partial charge in [-0.05, 0) is 38.3 Å². The number of hydrogen-bond acceptors (Lipinski definition) is 3. The number of carbonyl (C=O) groups is 3. The standard InChI is InChI=1S/C15H20N2O4/c1-8-6-9(2)13(10(3)7-8)14(19)17-11(15(20)21)4-5-12(16)18/h6-7,11H,4-5H2,1-3H3,(H2,16,18)(H,17,19)(H,20,21)/t11-/m0/s1. The number of aryl methyl sites for hydroxylation is 3. The van der Waals surface area contributed by atoms with E-state index in [0.717, 1.165) is 16.7 Å². The van der Waals surface area contributed by atoms with Gasteiger partial charge in [-0.15, -0.1) is 0 Å². The average molecular weight is 292 g/mol. The molecule has 1 aromatic carbocycles. The predicted molar refractivity (Wildman–Crippen MR) is 78.0 cm³/mol. The fourth-order valence-corrected chi connectivity index (χ4v) is 2.31. The Balaban J connectivity index is 2.92. The van der Waals surface area contributed by atoms with Gasteiger partial charge in [0.25, 0.3) is 5.91 Å². The molecule has 0 spiro atoms. The largest absolute Gasteiger partial charge is 0.480 e. The molecule has 6 nitrogen and oxygen atoms in total. The highest BCUT2D eigenvalue weighted by Crippen LogP contribution is 2.16. The molecule has 0 saturated heterocycles. The van der Waals surface area contributed by atoms with Crippen molar-refractivity contribution in [3.05, 3.63) is 34.4 Å². The lowest BCUT2D eigenvalue weighted by Gasteiger charge is -2.16. The number of aliphatic carboxylic acids is 1. The van der Waals surface area contributed by atoms with Gasteiger partial charge >= 0.3 is 5.97 Å². The van der Waals surface area contributed by atoms with Crippen molar-refractivity contribution >= 4 is 17.8 Å². The van der Waals surface area contributed by atoms with Gasteiger partial charge in [0.1, 0.15) is 6.04 Å². The number of rotatable bonds is 6. The molecule has 6 heteroatoms. The number of nitrogens with one attached hydrogen (secondary N) is 1. The Kier molecular flexibility index (Phi) is 5.46. The molecule has 0 aliphatic heterocycles. The molecule has 1 rings (SSSR count). The van der Waals surface area contributed by atoms with Gasteiger partial charge in [-0.3, -0.25) is 9.59 Å². The van der Waals surface area contributed by atoms with Crippen LogP contribution in [0, 0.1) is 20.8 Å². The summed E-state index contributed by atoms with van der Waals surface area (Å²) in [6, 6.07) is 2.59. The van der Waals surface area contributed by atoms with E-state index in [1.807, 2.05) is 19.1 Å². The van der Waals surface area contributed by atoms with E-state index in [2.05, 4.69) is 5.32 Å². The Labute approximate surface area is 123 Å². The van der Waals surface area contributed by atoms with Crippen LogP contribution in [0.15, 0.2) is 12.1 Å².